The first-order valence-corrected chi connectivity index (χ1v) is 5.69. The molecule has 19 heavy (non-hydrogen) atoms. The molecule has 0 saturated carbocycles. The highest BCUT2D eigenvalue weighted by molar-refractivity contribution is 5.93. The summed E-state index contributed by atoms with van der Waals surface area (Å²) in [5.41, 5.74) is -2.55. The van der Waals surface area contributed by atoms with Crippen molar-refractivity contribution < 1.29 is 14.7 Å². The third-order valence-corrected chi connectivity index (χ3v) is 3.43. The van der Waals surface area contributed by atoms with E-state index in [-0.39, 0.29) is 5.69 Å². The average molecular weight is 267 g/mol. The number of carbonyl (C=O) groups excluding carboxylic acids is 1. The monoisotopic (exact) mass is 267 g/mol. The molecule has 0 aliphatic carbocycles. The Kier molecular flexibility index (Phi) is 3.78. The van der Waals surface area contributed by atoms with E-state index in [2.05, 4.69) is 15.5 Å². The van der Waals surface area contributed by atoms with Gasteiger partial charge in [-0.2, -0.15) is 5.10 Å². The average Bonchev–Trinajstić information content (AvgIpc) is 2.28. The van der Waals surface area contributed by atoms with Gasteiger partial charge in [-0.1, -0.05) is 0 Å². The van der Waals surface area contributed by atoms with Crippen molar-refractivity contribution in [3.63, 3.8) is 0 Å². The van der Waals surface area contributed by atoms with Crippen LogP contribution in [0.5, 0.6) is 0 Å². The van der Waals surface area contributed by atoms with Crippen molar-refractivity contribution in [1.29, 1.82) is 0 Å². The second-order valence-electron chi connectivity index (χ2n) is 5.32. The predicted molar refractivity (Wildman–Crippen MR) is 67.8 cm³/mol. The van der Waals surface area contributed by atoms with Gasteiger partial charge in [-0.15, -0.1) is 0 Å². The summed E-state index contributed by atoms with van der Waals surface area (Å²) in [5, 5.41) is 17.5. The lowest BCUT2D eigenvalue weighted by Gasteiger charge is -2.38. The Bertz CT molecular complexity index is 540. The van der Waals surface area contributed by atoms with Gasteiger partial charge in [0.05, 0.1) is 11.0 Å². The number of carboxylic acids is 1. The molecule has 0 aliphatic rings. The smallest absolute Gasteiger partial charge is 0.311 e. The maximum Gasteiger partial charge on any atom is 0.311 e. The van der Waals surface area contributed by atoms with Crippen molar-refractivity contribution in [1.82, 2.24) is 15.5 Å². The molecular weight excluding hydrogens is 250 g/mol. The van der Waals surface area contributed by atoms with Crippen LogP contribution in [-0.2, 0) is 4.79 Å². The Balaban J connectivity index is 2.95. The molecule has 0 fully saturated rings. The molecule has 1 heterocycles. The number of hydrogen-bond donors (Lipinski definition) is 3. The minimum atomic E-state index is -1.16. The molecule has 0 radical (unpaired) electrons. The van der Waals surface area contributed by atoms with Crippen LogP contribution >= 0.6 is 0 Å². The van der Waals surface area contributed by atoms with Crippen molar-refractivity contribution >= 4 is 11.9 Å². The summed E-state index contributed by atoms with van der Waals surface area (Å²) in [7, 11) is 0. The third-order valence-electron chi connectivity index (χ3n) is 3.43. The lowest BCUT2D eigenvalue weighted by molar-refractivity contribution is -0.150. The molecule has 0 aliphatic heterocycles. The Morgan fingerprint density at radius 2 is 1.84 bits per heavy atom. The Morgan fingerprint density at radius 1 is 1.26 bits per heavy atom. The highest BCUT2D eigenvalue weighted by Gasteiger charge is 2.44. The van der Waals surface area contributed by atoms with Crippen LogP contribution in [0.1, 0.15) is 38.2 Å². The number of carbonyl (C=O) groups is 2. The Morgan fingerprint density at radius 3 is 2.26 bits per heavy atom. The topological polar surface area (TPSA) is 112 Å². The first kappa shape index (κ1) is 14.9. The van der Waals surface area contributed by atoms with Crippen LogP contribution in [0, 0.1) is 5.41 Å². The number of carboxylic acid groups (broad SMARTS) is 1. The van der Waals surface area contributed by atoms with Crippen LogP contribution in [0.25, 0.3) is 0 Å². The standard InChI is InChI=1S/C12H17N3O4/c1-11(2,10(18)19)12(3,4)13-9(17)7-5-6-8(16)15-14-7/h5-6H,1-4H3,(H,13,17)(H,15,16)(H,18,19). The largest absolute Gasteiger partial charge is 0.481 e. The van der Waals surface area contributed by atoms with Crippen molar-refractivity contribution in [2.75, 3.05) is 0 Å². The summed E-state index contributed by atoms with van der Waals surface area (Å²) in [4.78, 5) is 34.0. The third kappa shape index (κ3) is 2.98. The molecule has 1 amide bonds. The van der Waals surface area contributed by atoms with Gasteiger partial charge in [0.2, 0.25) is 0 Å². The summed E-state index contributed by atoms with van der Waals surface area (Å²) in [6.45, 7) is 6.28. The molecule has 1 aromatic rings. The normalized spacial score (nSPS) is 12.0. The number of aliphatic carboxylic acids is 1. The number of aromatic nitrogens is 2. The van der Waals surface area contributed by atoms with Crippen LogP contribution in [-0.4, -0.2) is 32.7 Å². The molecular formula is C12H17N3O4. The second-order valence-corrected chi connectivity index (χ2v) is 5.32. The van der Waals surface area contributed by atoms with Crippen LogP contribution < -0.4 is 10.9 Å². The molecule has 1 rings (SSSR count). The second kappa shape index (κ2) is 4.83. The van der Waals surface area contributed by atoms with Crippen LogP contribution in [0.2, 0.25) is 0 Å². The van der Waals surface area contributed by atoms with Crippen LogP contribution in [0.3, 0.4) is 0 Å². The number of nitrogens with zero attached hydrogens (tertiary/aromatic N) is 1. The summed E-state index contributed by atoms with van der Waals surface area (Å²) < 4.78 is 0. The van der Waals surface area contributed by atoms with E-state index in [1.54, 1.807) is 13.8 Å². The summed E-state index contributed by atoms with van der Waals surface area (Å²) in [5.74, 6) is -1.57. The van der Waals surface area contributed by atoms with Crippen molar-refractivity contribution in [2.24, 2.45) is 5.41 Å². The predicted octanol–water partition coefficient (Wildman–Crippen LogP) is 0.389. The number of hydrogen-bond acceptors (Lipinski definition) is 4. The number of rotatable bonds is 4. The Hall–Kier alpha value is -2.18. The van der Waals surface area contributed by atoms with Crippen molar-refractivity contribution in [2.45, 2.75) is 33.2 Å². The van der Waals surface area contributed by atoms with E-state index < -0.39 is 28.4 Å². The summed E-state index contributed by atoms with van der Waals surface area (Å²) >= 11 is 0. The first-order valence-electron chi connectivity index (χ1n) is 5.69. The molecule has 0 spiro atoms. The lowest BCUT2D eigenvalue weighted by atomic mass is 9.74. The zero-order valence-corrected chi connectivity index (χ0v) is 11.3. The fourth-order valence-electron chi connectivity index (χ4n) is 1.24. The molecule has 3 N–H and O–H groups in total. The van der Waals surface area contributed by atoms with Crippen LogP contribution in [0.4, 0.5) is 0 Å². The molecule has 1 aromatic heterocycles. The number of nitrogens with one attached hydrogen (secondary N) is 2. The summed E-state index contributed by atoms with van der Waals surface area (Å²) in [6, 6.07) is 2.45. The zero-order valence-electron chi connectivity index (χ0n) is 11.3. The van der Waals surface area contributed by atoms with Gasteiger partial charge in [0, 0.05) is 6.07 Å². The molecule has 0 unspecified atom stereocenters. The van der Waals surface area contributed by atoms with E-state index in [0.717, 1.165) is 0 Å². The van der Waals surface area contributed by atoms with Gasteiger partial charge in [-0.25, -0.2) is 5.10 Å². The minimum Gasteiger partial charge on any atom is -0.481 e. The molecule has 7 heteroatoms. The quantitative estimate of drug-likeness (QED) is 0.730. The van der Waals surface area contributed by atoms with E-state index >= 15 is 0 Å². The maximum absolute atomic E-state index is 12.0. The molecule has 0 atom stereocenters. The molecule has 0 bridgehead atoms. The first-order chi connectivity index (χ1) is 8.58. The van der Waals surface area contributed by atoms with Gasteiger partial charge in [-0.3, -0.25) is 14.4 Å². The van der Waals surface area contributed by atoms with Gasteiger partial charge in [0.25, 0.3) is 11.5 Å². The zero-order chi connectivity index (χ0) is 14.8. The molecule has 0 aromatic carbocycles. The lowest BCUT2D eigenvalue weighted by Crippen LogP contribution is -2.57. The minimum absolute atomic E-state index is 0.0221. The number of H-pyrrole nitrogens is 1. The Labute approximate surface area is 110 Å². The van der Waals surface area contributed by atoms with E-state index in [1.807, 2.05) is 0 Å². The van der Waals surface area contributed by atoms with E-state index in [4.69, 9.17) is 0 Å². The van der Waals surface area contributed by atoms with E-state index in [0.29, 0.717) is 0 Å². The van der Waals surface area contributed by atoms with Crippen LogP contribution in [0.15, 0.2) is 16.9 Å². The van der Waals surface area contributed by atoms with Gasteiger partial charge in [0.15, 0.2) is 0 Å². The fourth-order valence-corrected chi connectivity index (χ4v) is 1.24. The van der Waals surface area contributed by atoms with Gasteiger partial charge < -0.3 is 10.4 Å². The molecule has 0 saturated heterocycles. The maximum atomic E-state index is 12.0. The van der Waals surface area contributed by atoms with Gasteiger partial charge in [0.1, 0.15) is 5.69 Å². The van der Waals surface area contributed by atoms with Gasteiger partial charge in [-0.05, 0) is 33.8 Å². The van der Waals surface area contributed by atoms with Gasteiger partial charge >= 0.3 is 5.97 Å². The van der Waals surface area contributed by atoms with E-state index in [1.165, 1.54) is 26.0 Å². The van der Waals surface area contributed by atoms with Crippen molar-refractivity contribution in [3.05, 3.63) is 28.2 Å². The number of amides is 1. The van der Waals surface area contributed by atoms with Crippen molar-refractivity contribution in [3.8, 4) is 0 Å². The molecule has 7 nitrogen and oxygen atoms in total. The number of aromatic amines is 1. The van der Waals surface area contributed by atoms with E-state index in [9.17, 15) is 19.5 Å². The SMILES string of the molecule is CC(C)(NC(=O)c1ccc(=O)[nH]n1)C(C)(C)C(=O)O. The molecule has 104 valence electrons. The fraction of sp³-hybridized carbons (Fsp3) is 0.500. The highest BCUT2D eigenvalue weighted by atomic mass is 16.4. The summed E-state index contributed by atoms with van der Waals surface area (Å²) in [6.07, 6.45) is 0. The highest BCUT2D eigenvalue weighted by Crippen LogP contribution is 2.30.